The first-order valence-electron chi connectivity index (χ1n) is 7.34. The number of nitrogens with zero attached hydrogens (tertiary/aromatic N) is 3. The van der Waals surface area contributed by atoms with Crippen LogP contribution >= 0.6 is 11.8 Å². The summed E-state index contributed by atoms with van der Waals surface area (Å²) < 4.78 is 0. The summed E-state index contributed by atoms with van der Waals surface area (Å²) in [5, 5.41) is 2.76. The Kier molecular flexibility index (Phi) is 4.62. The van der Waals surface area contributed by atoms with Crippen molar-refractivity contribution in [3.8, 4) is 0 Å². The van der Waals surface area contributed by atoms with E-state index in [2.05, 4.69) is 15.3 Å². The van der Waals surface area contributed by atoms with Crippen molar-refractivity contribution in [2.45, 2.75) is 12.1 Å². The highest BCUT2D eigenvalue weighted by Gasteiger charge is 2.36. The van der Waals surface area contributed by atoms with Gasteiger partial charge in [-0.15, -0.1) is 0 Å². The number of nitrogens with one attached hydrogen (secondary N) is 1. The molecular weight excluding hydrogens is 340 g/mol. The Morgan fingerprint density at radius 2 is 1.72 bits per heavy atom. The maximum Gasteiger partial charge on any atom is 0.335 e. The standard InChI is InChI=1S/C17H14N4O3S/c1-10-3-5-12(6-4-10)21-15(23)13(14(22)20-17(21)24)7-11-8-18-16(25-2)19-9-11/h3-9H,1-2H3,(H,20,22,24)/b13-7+. The number of hydrogen-bond acceptors (Lipinski definition) is 6. The van der Waals surface area contributed by atoms with Gasteiger partial charge in [-0.25, -0.2) is 19.7 Å². The van der Waals surface area contributed by atoms with Crippen LogP contribution in [0.15, 0.2) is 47.4 Å². The quantitative estimate of drug-likeness (QED) is 0.393. The molecule has 7 nitrogen and oxygen atoms in total. The van der Waals surface area contributed by atoms with Crippen molar-refractivity contribution in [1.29, 1.82) is 0 Å². The Bertz CT molecular complexity index is 876. The van der Waals surface area contributed by atoms with E-state index in [1.54, 1.807) is 24.3 Å². The number of urea groups is 1. The van der Waals surface area contributed by atoms with Crippen LogP contribution in [0.5, 0.6) is 0 Å². The van der Waals surface area contributed by atoms with Gasteiger partial charge in [-0.3, -0.25) is 14.9 Å². The van der Waals surface area contributed by atoms with Crippen molar-refractivity contribution in [3.63, 3.8) is 0 Å². The van der Waals surface area contributed by atoms with Gasteiger partial charge in [0.1, 0.15) is 5.57 Å². The minimum atomic E-state index is -0.773. The van der Waals surface area contributed by atoms with Crippen molar-refractivity contribution in [3.05, 3.63) is 53.4 Å². The summed E-state index contributed by atoms with van der Waals surface area (Å²) >= 11 is 1.38. The fourth-order valence-electron chi connectivity index (χ4n) is 2.26. The number of amides is 4. The molecule has 1 aliphatic rings. The average molecular weight is 354 g/mol. The first-order valence-corrected chi connectivity index (χ1v) is 8.56. The normalized spacial score (nSPS) is 16.3. The van der Waals surface area contributed by atoms with Crippen molar-refractivity contribution in [1.82, 2.24) is 15.3 Å². The van der Waals surface area contributed by atoms with Crippen LogP contribution in [0.1, 0.15) is 11.1 Å². The zero-order valence-corrected chi connectivity index (χ0v) is 14.3. The Balaban J connectivity index is 1.97. The van der Waals surface area contributed by atoms with E-state index in [1.165, 1.54) is 30.2 Å². The molecule has 0 atom stereocenters. The van der Waals surface area contributed by atoms with Crippen LogP contribution in [0, 0.1) is 6.92 Å². The van der Waals surface area contributed by atoms with Gasteiger partial charge in [0.05, 0.1) is 5.69 Å². The Morgan fingerprint density at radius 3 is 2.32 bits per heavy atom. The van der Waals surface area contributed by atoms with Crippen molar-refractivity contribution in [2.24, 2.45) is 0 Å². The Hall–Kier alpha value is -3.00. The lowest BCUT2D eigenvalue weighted by molar-refractivity contribution is -0.122. The number of anilines is 1. The van der Waals surface area contributed by atoms with Gasteiger partial charge in [-0.05, 0) is 31.4 Å². The second-order valence-electron chi connectivity index (χ2n) is 5.30. The predicted molar refractivity (Wildman–Crippen MR) is 94.0 cm³/mol. The van der Waals surface area contributed by atoms with E-state index in [1.807, 2.05) is 13.2 Å². The van der Waals surface area contributed by atoms with E-state index in [0.29, 0.717) is 16.4 Å². The molecule has 25 heavy (non-hydrogen) atoms. The van der Waals surface area contributed by atoms with Crippen LogP contribution < -0.4 is 10.2 Å². The molecule has 0 unspecified atom stereocenters. The van der Waals surface area contributed by atoms with E-state index >= 15 is 0 Å². The summed E-state index contributed by atoms with van der Waals surface area (Å²) in [5.41, 5.74) is 1.72. The third-order valence-corrected chi connectivity index (χ3v) is 4.11. The zero-order valence-electron chi connectivity index (χ0n) is 13.5. The van der Waals surface area contributed by atoms with Crippen molar-refractivity contribution in [2.75, 3.05) is 11.2 Å². The number of aromatic nitrogens is 2. The monoisotopic (exact) mass is 354 g/mol. The summed E-state index contributed by atoms with van der Waals surface area (Å²) in [6, 6.07) is 6.09. The van der Waals surface area contributed by atoms with Crippen LogP contribution in [0.2, 0.25) is 0 Å². The van der Waals surface area contributed by atoms with Crippen LogP contribution in [0.3, 0.4) is 0 Å². The number of rotatable bonds is 3. The molecule has 8 heteroatoms. The lowest BCUT2D eigenvalue weighted by atomic mass is 10.1. The second-order valence-corrected chi connectivity index (χ2v) is 6.07. The molecule has 4 amide bonds. The molecule has 1 aliphatic heterocycles. The van der Waals surface area contributed by atoms with Crippen molar-refractivity contribution < 1.29 is 14.4 Å². The van der Waals surface area contributed by atoms with E-state index in [9.17, 15) is 14.4 Å². The molecule has 2 heterocycles. The van der Waals surface area contributed by atoms with Gasteiger partial charge in [0, 0.05) is 18.0 Å². The largest absolute Gasteiger partial charge is 0.335 e. The second kappa shape index (κ2) is 6.86. The van der Waals surface area contributed by atoms with Gasteiger partial charge in [-0.2, -0.15) is 0 Å². The van der Waals surface area contributed by atoms with Gasteiger partial charge < -0.3 is 0 Å². The molecule has 1 aromatic heterocycles. The van der Waals surface area contributed by atoms with E-state index < -0.39 is 17.8 Å². The van der Waals surface area contributed by atoms with Crippen molar-refractivity contribution >= 4 is 41.4 Å². The van der Waals surface area contributed by atoms with Gasteiger partial charge in [0.25, 0.3) is 11.8 Å². The highest BCUT2D eigenvalue weighted by molar-refractivity contribution is 7.98. The summed E-state index contributed by atoms with van der Waals surface area (Å²) in [6.45, 7) is 1.90. The maximum atomic E-state index is 12.7. The number of imide groups is 2. The molecule has 1 saturated heterocycles. The summed E-state index contributed by atoms with van der Waals surface area (Å²) in [6.07, 6.45) is 6.24. The Labute approximate surface area is 148 Å². The zero-order chi connectivity index (χ0) is 18.0. The highest BCUT2D eigenvalue weighted by atomic mass is 32.2. The number of carbonyl (C=O) groups excluding carboxylic acids is 3. The Morgan fingerprint density at radius 1 is 1.08 bits per heavy atom. The van der Waals surface area contributed by atoms with Gasteiger partial charge in [0.2, 0.25) is 0 Å². The number of aryl methyl sites for hydroxylation is 1. The molecule has 0 radical (unpaired) electrons. The first kappa shape index (κ1) is 16.8. The molecule has 0 spiro atoms. The lowest BCUT2D eigenvalue weighted by Crippen LogP contribution is -2.54. The third-order valence-electron chi connectivity index (χ3n) is 3.54. The van der Waals surface area contributed by atoms with Crippen LogP contribution in [0.25, 0.3) is 6.08 Å². The first-order chi connectivity index (χ1) is 12.0. The fourth-order valence-corrected chi connectivity index (χ4v) is 2.57. The number of thioether (sulfide) groups is 1. The predicted octanol–water partition coefficient (Wildman–Crippen LogP) is 2.17. The summed E-state index contributed by atoms with van der Waals surface area (Å²) in [7, 11) is 0. The van der Waals surface area contributed by atoms with Gasteiger partial charge in [-0.1, -0.05) is 29.5 Å². The molecule has 1 aromatic carbocycles. The molecule has 1 fully saturated rings. The molecule has 0 saturated carbocycles. The van der Waals surface area contributed by atoms with Crippen LogP contribution in [-0.4, -0.2) is 34.1 Å². The van der Waals surface area contributed by atoms with E-state index in [4.69, 9.17) is 0 Å². The van der Waals surface area contributed by atoms with Crippen LogP contribution in [-0.2, 0) is 9.59 Å². The summed E-state index contributed by atoms with van der Waals surface area (Å²) in [5.74, 6) is -1.43. The minimum Gasteiger partial charge on any atom is -0.273 e. The molecule has 0 bridgehead atoms. The molecule has 126 valence electrons. The molecular formula is C17H14N4O3S. The third kappa shape index (κ3) is 3.43. The number of barbiturate groups is 1. The maximum absolute atomic E-state index is 12.7. The van der Waals surface area contributed by atoms with E-state index in [0.717, 1.165) is 10.5 Å². The SMILES string of the molecule is CSc1ncc(/C=C2\C(=O)NC(=O)N(c3ccc(C)cc3)C2=O)cn1. The number of benzene rings is 1. The average Bonchev–Trinajstić information content (AvgIpc) is 2.60. The fraction of sp³-hybridized carbons (Fsp3) is 0.118. The van der Waals surface area contributed by atoms with E-state index in [-0.39, 0.29) is 5.57 Å². The van der Waals surface area contributed by atoms with Gasteiger partial charge in [0.15, 0.2) is 5.16 Å². The number of hydrogen-bond donors (Lipinski definition) is 1. The molecule has 1 N–H and O–H groups in total. The minimum absolute atomic E-state index is 0.152. The van der Waals surface area contributed by atoms with Gasteiger partial charge >= 0.3 is 6.03 Å². The summed E-state index contributed by atoms with van der Waals surface area (Å²) in [4.78, 5) is 46.0. The van der Waals surface area contributed by atoms with Crippen LogP contribution in [0.4, 0.5) is 10.5 Å². The molecule has 0 aliphatic carbocycles. The topological polar surface area (TPSA) is 92.3 Å². The lowest BCUT2D eigenvalue weighted by Gasteiger charge is -2.26. The number of carbonyl (C=O) groups is 3. The smallest absolute Gasteiger partial charge is 0.273 e. The molecule has 3 rings (SSSR count). The highest BCUT2D eigenvalue weighted by Crippen LogP contribution is 2.22. The molecule has 2 aromatic rings.